The molecule has 3 rings (SSSR count). The van der Waals surface area contributed by atoms with Gasteiger partial charge in [0.25, 0.3) is 5.91 Å². The maximum Gasteiger partial charge on any atom is 0.254 e. The molecule has 3 aromatic rings. The second-order valence-electron chi connectivity index (χ2n) is 6.30. The van der Waals surface area contributed by atoms with Crippen LogP contribution in [0.2, 0.25) is 0 Å². The van der Waals surface area contributed by atoms with Gasteiger partial charge in [0, 0.05) is 11.6 Å². The molecule has 5 heteroatoms. The van der Waals surface area contributed by atoms with Crippen molar-refractivity contribution in [3.05, 3.63) is 65.0 Å². The second-order valence-corrected chi connectivity index (χ2v) is 6.30. The second kappa shape index (κ2) is 6.78. The third-order valence-corrected chi connectivity index (χ3v) is 4.02. The minimum Gasteiger partial charge on any atom is -0.439 e. The van der Waals surface area contributed by atoms with E-state index in [0.29, 0.717) is 22.6 Å². The van der Waals surface area contributed by atoms with Gasteiger partial charge < -0.3 is 9.32 Å². The van der Waals surface area contributed by atoms with Gasteiger partial charge in [-0.1, -0.05) is 12.1 Å². The van der Waals surface area contributed by atoms with Crippen LogP contribution in [0.3, 0.4) is 0 Å². The molecule has 25 heavy (non-hydrogen) atoms. The van der Waals surface area contributed by atoms with Crippen molar-refractivity contribution >= 4 is 17.0 Å². The number of amides is 1. The van der Waals surface area contributed by atoms with Crippen LogP contribution >= 0.6 is 0 Å². The number of carbonyl (C=O) groups excluding carboxylic acids is 1. The molecule has 0 aliphatic carbocycles. The Labute approximate surface area is 146 Å². The first kappa shape index (κ1) is 16.7. The van der Waals surface area contributed by atoms with E-state index in [0.717, 1.165) is 11.1 Å². The fourth-order valence-electron chi connectivity index (χ4n) is 2.68. The van der Waals surface area contributed by atoms with Gasteiger partial charge in [0.2, 0.25) is 5.89 Å². The molecular formula is C20H19N3O2. The van der Waals surface area contributed by atoms with Crippen molar-refractivity contribution in [1.29, 1.82) is 5.26 Å². The van der Waals surface area contributed by atoms with Crippen LogP contribution in [-0.2, 0) is 6.54 Å². The lowest BCUT2D eigenvalue weighted by Gasteiger charge is -2.25. The molecule has 1 amide bonds. The SMILES string of the molecule is Cc1ccc2oc(CN(C(=O)c3cccc(C#N)c3)C(C)C)nc2c1. The van der Waals surface area contributed by atoms with E-state index in [1.807, 2.05) is 39.0 Å². The molecule has 0 saturated heterocycles. The molecule has 0 aliphatic heterocycles. The molecule has 0 N–H and O–H groups in total. The van der Waals surface area contributed by atoms with Crippen LogP contribution in [0, 0.1) is 18.3 Å². The monoisotopic (exact) mass is 333 g/mol. The number of nitrogens with zero attached hydrogens (tertiary/aromatic N) is 3. The molecule has 0 fully saturated rings. The van der Waals surface area contributed by atoms with Crippen molar-refractivity contribution in [2.45, 2.75) is 33.4 Å². The van der Waals surface area contributed by atoms with Crippen molar-refractivity contribution in [3.8, 4) is 6.07 Å². The molecule has 126 valence electrons. The Morgan fingerprint density at radius 3 is 2.80 bits per heavy atom. The molecule has 1 heterocycles. The van der Waals surface area contributed by atoms with E-state index in [-0.39, 0.29) is 18.5 Å². The molecule has 0 radical (unpaired) electrons. The van der Waals surface area contributed by atoms with Crippen LogP contribution in [-0.4, -0.2) is 21.8 Å². The maximum absolute atomic E-state index is 12.9. The number of hydrogen-bond acceptors (Lipinski definition) is 4. The van der Waals surface area contributed by atoms with Crippen LogP contribution in [0.15, 0.2) is 46.9 Å². The molecule has 0 spiro atoms. The van der Waals surface area contributed by atoms with Gasteiger partial charge in [0.05, 0.1) is 18.2 Å². The summed E-state index contributed by atoms with van der Waals surface area (Å²) in [6.07, 6.45) is 0. The topological polar surface area (TPSA) is 70.1 Å². The summed E-state index contributed by atoms with van der Waals surface area (Å²) in [5.74, 6) is 0.352. The predicted octanol–water partition coefficient (Wildman–Crippen LogP) is 4.06. The lowest BCUT2D eigenvalue weighted by molar-refractivity contribution is 0.0673. The smallest absolute Gasteiger partial charge is 0.254 e. The molecule has 0 atom stereocenters. The lowest BCUT2D eigenvalue weighted by atomic mass is 10.1. The number of hydrogen-bond donors (Lipinski definition) is 0. The van der Waals surface area contributed by atoms with Gasteiger partial charge in [-0.25, -0.2) is 4.98 Å². The zero-order valence-electron chi connectivity index (χ0n) is 14.5. The van der Waals surface area contributed by atoms with E-state index < -0.39 is 0 Å². The van der Waals surface area contributed by atoms with Crippen LogP contribution < -0.4 is 0 Å². The highest BCUT2D eigenvalue weighted by Gasteiger charge is 2.21. The highest BCUT2D eigenvalue weighted by molar-refractivity contribution is 5.94. The van der Waals surface area contributed by atoms with E-state index in [1.165, 1.54) is 0 Å². The largest absolute Gasteiger partial charge is 0.439 e. The standard InChI is InChI=1S/C20H19N3O2/c1-13(2)23(20(24)16-6-4-5-15(10-16)11-21)12-19-22-17-9-14(3)7-8-18(17)25-19/h4-10,13H,12H2,1-3H3. The zero-order valence-corrected chi connectivity index (χ0v) is 14.5. The summed E-state index contributed by atoms with van der Waals surface area (Å²) in [6, 6.07) is 14.6. The zero-order chi connectivity index (χ0) is 18.0. The summed E-state index contributed by atoms with van der Waals surface area (Å²) in [7, 11) is 0. The van der Waals surface area contributed by atoms with Crippen LogP contribution in [0.1, 0.15) is 41.2 Å². The Morgan fingerprint density at radius 1 is 1.28 bits per heavy atom. The van der Waals surface area contributed by atoms with E-state index in [2.05, 4.69) is 11.1 Å². The van der Waals surface area contributed by atoms with E-state index >= 15 is 0 Å². The minimum absolute atomic E-state index is 0.0324. The highest BCUT2D eigenvalue weighted by atomic mass is 16.3. The summed E-state index contributed by atoms with van der Waals surface area (Å²) < 4.78 is 5.78. The fraction of sp³-hybridized carbons (Fsp3) is 0.250. The first-order chi connectivity index (χ1) is 12.0. The number of aryl methyl sites for hydroxylation is 1. The third kappa shape index (κ3) is 3.53. The average Bonchev–Trinajstić information content (AvgIpc) is 3.00. The first-order valence-electron chi connectivity index (χ1n) is 8.15. The van der Waals surface area contributed by atoms with E-state index in [4.69, 9.17) is 9.68 Å². The summed E-state index contributed by atoms with van der Waals surface area (Å²) >= 11 is 0. The Bertz CT molecular complexity index is 966. The Kier molecular flexibility index (Phi) is 4.53. The lowest BCUT2D eigenvalue weighted by Crippen LogP contribution is -2.36. The number of oxazole rings is 1. The number of nitriles is 1. The number of benzene rings is 2. The van der Waals surface area contributed by atoms with Crippen molar-refractivity contribution < 1.29 is 9.21 Å². The Hall–Kier alpha value is -3.13. The van der Waals surface area contributed by atoms with Gasteiger partial charge in [0.1, 0.15) is 5.52 Å². The van der Waals surface area contributed by atoms with Crippen LogP contribution in [0.5, 0.6) is 0 Å². The van der Waals surface area contributed by atoms with Gasteiger partial charge >= 0.3 is 0 Å². The van der Waals surface area contributed by atoms with Crippen LogP contribution in [0.4, 0.5) is 0 Å². The van der Waals surface area contributed by atoms with E-state index in [1.54, 1.807) is 29.2 Å². The molecule has 0 unspecified atom stereocenters. The quantitative estimate of drug-likeness (QED) is 0.722. The third-order valence-electron chi connectivity index (χ3n) is 4.02. The molecule has 0 saturated carbocycles. The predicted molar refractivity (Wildman–Crippen MR) is 94.9 cm³/mol. The Balaban J connectivity index is 1.89. The summed E-state index contributed by atoms with van der Waals surface area (Å²) in [6.45, 7) is 6.17. The van der Waals surface area contributed by atoms with E-state index in [9.17, 15) is 4.79 Å². The van der Waals surface area contributed by atoms with Gasteiger partial charge in [0.15, 0.2) is 5.58 Å². The normalized spacial score (nSPS) is 10.8. The van der Waals surface area contributed by atoms with Crippen molar-refractivity contribution in [2.24, 2.45) is 0 Å². The Morgan fingerprint density at radius 2 is 2.08 bits per heavy atom. The van der Waals surface area contributed by atoms with Crippen molar-refractivity contribution in [1.82, 2.24) is 9.88 Å². The van der Waals surface area contributed by atoms with Crippen LogP contribution in [0.25, 0.3) is 11.1 Å². The minimum atomic E-state index is -0.148. The average molecular weight is 333 g/mol. The fourth-order valence-corrected chi connectivity index (χ4v) is 2.68. The van der Waals surface area contributed by atoms with Crippen molar-refractivity contribution in [3.63, 3.8) is 0 Å². The number of fused-ring (bicyclic) bond motifs is 1. The van der Waals surface area contributed by atoms with Gasteiger partial charge in [-0.15, -0.1) is 0 Å². The maximum atomic E-state index is 12.9. The molecule has 5 nitrogen and oxygen atoms in total. The number of aromatic nitrogens is 1. The van der Waals surface area contributed by atoms with Gasteiger partial charge in [-0.3, -0.25) is 4.79 Å². The molecule has 0 aliphatic rings. The molecular weight excluding hydrogens is 314 g/mol. The highest BCUT2D eigenvalue weighted by Crippen LogP contribution is 2.20. The summed E-state index contributed by atoms with van der Waals surface area (Å²) in [5.41, 5.74) is 3.56. The first-order valence-corrected chi connectivity index (χ1v) is 8.15. The molecule has 0 bridgehead atoms. The number of rotatable bonds is 4. The molecule has 1 aromatic heterocycles. The number of carbonyl (C=O) groups is 1. The van der Waals surface area contributed by atoms with Gasteiger partial charge in [-0.2, -0.15) is 5.26 Å². The summed E-state index contributed by atoms with van der Waals surface area (Å²) in [5, 5.41) is 9.03. The van der Waals surface area contributed by atoms with Crippen molar-refractivity contribution in [2.75, 3.05) is 0 Å². The molecule has 2 aromatic carbocycles. The van der Waals surface area contributed by atoms with Gasteiger partial charge in [-0.05, 0) is 56.7 Å². The summed E-state index contributed by atoms with van der Waals surface area (Å²) in [4.78, 5) is 19.1.